The summed E-state index contributed by atoms with van der Waals surface area (Å²) in [6.07, 6.45) is 4.64. The summed E-state index contributed by atoms with van der Waals surface area (Å²) >= 11 is 0. The minimum Gasteiger partial charge on any atom is -0.473 e. The smallest absolute Gasteiger partial charge is 0.333 e. The number of aromatic nitrogens is 6. The van der Waals surface area contributed by atoms with Gasteiger partial charge in [0.2, 0.25) is 5.88 Å². The van der Waals surface area contributed by atoms with Crippen LogP contribution in [0.3, 0.4) is 0 Å². The molecule has 0 fully saturated rings. The van der Waals surface area contributed by atoms with Crippen LogP contribution in [0, 0.1) is 0 Å². The van der Waals surface area contributed by atoms with Gasteiger partial charge in [-0.05, 0) is 31.9 Å². The van der Waals surface area contributed by atoms with Crippen LogP contribution in [0.5, 0.6) is 5.88 Å². The van der Waals surface area contributed by atoms with Gasteiger partial charge in [0.1, 0.15) is 17.8 Å². The maximum absolute atomic E-state index is 12.6. The Balaban J connectivity index is 1.90. The van der Waals surface area contributed by atoms with Gasteiger partial charge in [0.15, 0.2) is 16.6 Å². The van der Waals surface area contributed by atoms with Crippen LogP contribution in [0.4, 0.5) is 0 Å². The number of hydrogen-bond donors (Lipinski definition) is 1. The van der Waals surface area contributed by atoms with Crippen LogP contribution in [-0.2, 0) is 6.54 Å². The molecule has 136 valence electrons. The molecule has 1 unspecified atom stereocenters. The molecule has 0 aromatic carbocycles. The summed E-state index contributed by atoms with van der Waals surface area (Å²) in [6, 6.07) is 4.88. The molecular weight excluding hydrogens is 348 g/mol. The highest BCUT2D eigenvalue weighted by atomic mass is 16.5. The number of nitrogens with zero attached hydrogens (tertiary/aromatic N) is 5. The molecule has 0 spiro atoms. The van der Waals surface area contributed by atoms with Crippen molar-refractivity contribution in [1.82, 2.24) is 29.1 Å². The molecule has 0 saturated carbocycles. The number of pyridine rings is 2. The predicted octanol–water partition coefficient (Wildman–Crippen LogP) is 1.38. The Bertz CT molecular complexity index is 1300. The summed E-state index contributed by atoms with van der Waals surface area (Å²) in [7, 11) is 0. The van der Waals surface area contributed by atoms with E-state index in [1.165, 1.54) is 10.9 Å². The number of fused-ring (bicyclic) bond motifs is 2. The first kappa shape index (κ1) is 15.7. The van der Waals surface area contributed by atoms with Gasteiger partial charge in [-0.3, -0.25) is 9.78 Å². The summed E-state index contributed by atoms with van der Waals surface area (Å²) in [5.41, 5.74) is 0.873. The van der Waals surface area contributed by atoms with Crippen LogP contribution in [0.1, 0.15) is 19.8 Å². The minimum atomic E-state index is -0.392. The summed E-state index contributed by atoms with van der Waals surface area (Å²) in [5.74, 6) is 0.713. The van der Waals surface area contributed by atoms with Crippen molar-refractivity contribution >= 4 is 22.2 Å². The average molecular weight is 364 g/mol. The van der Waals surface area contributed by atoms with Crippen LogP contribution < -0.4 is 15.9 Å². The van der Waals surface area contributed by atoms with Gasteiger partial charge in [0.05, 0.1) is 11.5 Å². The van der Waals surface area contributed by atoms with E-state index in [1.54, 1.807) is 24.4 Å². The molecule has 0 radical (unpaired) electrons. The summed E-state index contributed by atoms with van der Waals surface area (Å²) in [6.45, 7) is 2.66. The third-order valence-electron chi connectivity index (χ3n) is 4.80. The van der Waals surface area contributed by atoms with E-state index in [2.05, 4.69) is 19.9 Å². The zero-order chi connectivity index (χ0) is 18.5. The average Bonchev–Trinajstić information content (AvgIpc) is 2.99. The SMILES string of the molecule is CC1CCCn2ccc(=O)c3ccc(nc32)-n2c(=O)[nH]c3ncnc(c32)O1. The lowest BCUT2D eigenvalue weighted by Crippen LogP contribution is -2.20. The lowest BCUT2D eigenvalue weighted by Gasteiger charge is -2.17. The fourth-order valence-electron chi connectivity index (χ4n) is 3.49. The molecule has 4 aromatic rings. The molecule has 9 nitrogen and oxygen atoms in total. The molecule has 0 saturated heterocycles. The molecule has 5 rings (SSSR count). The zero-order valence-corrected chi connectivity index (χ0v) is 14.5. The second kappa shape index (κ2) is 5.76. The Labute approximate surface area is 152 Å². The van der Waals surface area contributed by atoms with E-state index in [0.717, 1.165) is 12.8 Å². The van der Waals surface area contributed by atoms with Crippen molar-refractivity contribution in [2.75, 3.05) is 0 Å². The molecule has 27 heavy (non-hydrogen) atoms. The van der Waals surface area contributed by atoms with Crippen LogP contribution in [-0.4, -0.2) is 35.2 Å². The molecule has 1 N–H and O–H groups in total. The summed E-state index contributed by atoms with van der Waals surface area (Å²) in [4.78, 5) is 40.6. The molecular formula is C18H16N6O3. The normalized spacial score (nSPS) is 16.9. The number of aryl methyl sites for hydroxylation is 1. The Morgan fingerprint density at radius 2 is 2.11 bits per heavy atom. The highest BCUT2D eigenvalue weighted by Crippen LogP contribution is 2.24. The maximum Gasteiger partial charge on any atom is 0.333 e. The number of nitrogens with one attached hydrogen (secondary N) is 1. The number of hydrogen-bond acceptors (Lipinski definition) is 6. The highest BCUT2D eigenvalue weighted by Gasteiger charge is 2.20. The second-order valence-corrected chi connectivity index (χ2v) is 6.63. The van der Waals surface area contributed by atoms with E-state index in [4.69, 9.17) is 4.74 Å². The molecule has 0 amide bonds. The van der Waals surface area contributed by atoms with Crippen molar-refractivity contribution in [3.63, 3.8) is 0 Å². The minimum absolute atomic E-state index is 0.0952. The van der Waals surface area contributed by atoms with Gasteiger partial charge in [-0.2, -0.15) is 4.98 Å². The van der Waals surface area contributed by atoms with Crippen molar-refractivity contribution in [3.8, 4) is 11.7 Å². The van der Waals surface area contributed by atoms with Gasteiger partial charge in [0, 0.05) is 18.8 Å². The van der Waals surface area contributed by atoms with Gasteiger partial charge in [0.25, 0.3) is 0 Å². The van der Waals surface area contributed by atoms with Crippen LogP contribution >= 0.6 is 0 Å². The van der Waals surface area contributed by atoms with E-state index >= 15 is 0 Å². The fraction of sp³-hybridized carbons (Fsp3) is 0.278. The number of imidazole rings is 1. The van der Waals surface area contributed by atoms with Gasteiger partial charge in [-0.1, -0.05) is 0 Å². The number of aromatic amines is 1. The van der Waals surface area contributed by atoms with Crippen molar-refractivity contribution < 1.29 is 4.74 Å². The molecule has 5 heterocycles. The Kier molecular flexibility index (Phi) is 3.36. The third-order valence-corrected chi connectivity index (χ3v) is 4.80. The molecule has 4 aromatic heterocycles. The molecule has 2 bridgehead atoms. The first-order valence-corrected chi connectivity index (χ1v) is 8.75. The van der Waals surface area contributed by atoms with E-state index in [1.807, 2.05) is 11.5 Å². The molecule has 1 atom stereocenters. The lowest BCUT2D eigenvalue weighted by atomic mass is 10.2. The van der Waals surface area contributed by atoms with Crippen molar-refractivity contribution in [2.24, 2.45) is 0 Å². The second-order valence-electron chi connectivity index (χ2n) is 6.63. The molecule has 0 aliphatic carbocycles. The first-order valence-electron chi connectivity index (χ1n) is 8.75. The van der Waals surface area contributed by atoms with E-state index in [9.17, 15) is 9.59 Å². The van der Waals surface area contributed by atoms with Crippen LogP contribution in [0.15, 0.2) is 40.3 Å². The highest BCUT2D eigenvalue weighted by molar-refractivity contribution is 5.80. The van der Waals surface area contributed by atoms with Crippen molar-refractivity contribution in [1.29, 1.82) is 0 Å². The summed E-state index contributed by atoms with van der Waals surface area (Å²) in [5, 5.41) is 0.520. The maximum atomic E-state index is 12.6. The Morgan fingerprint density at radius 1 is 1.22 bits per heavy atom. The van der Waals surface area contributed by atoms with Crippen molar-refractivity contribution in [3.05, 3.63) is 51.4 Å². The number of H-pyrrole nitrogens is 1. The largest absolute Gasteiger partial charge is 0.473 e. The topological polar surface area (TPSA) is 108 Å². The summed E-state index contributed by atoms with van der Waals surface area (Å²) < 4.78 is 9.33. The van der Waals surface area contributed by atoms with E-state index < -0.39 is 5.69 Å². The molecule has 1 aliphatic rings. The number of ether oxygens (including phenoxy) is 1. The first-order chi connectivity index (χ1) is 13.1. The van der Waals surface area contributed by atoms with Crippen LogP contribution in [0.2, 0.25) is 0 Å². The van der Waals surface area contributed by atoms with Crippen molar-refractivity contribution in [2.45, 2.75) is 32.4 Å². The van der Waals surface area contributed by atoms with Gasteiger partial charge < -0.3 is 9.30 Å². The fourth-order valence-corrected chi connectivity index (χ4v) is 3.49. The number of rotatable bonds is 0. The monoisotopic (exact) mass is 364 g/mol. The van der Waals surface area contributed by atoms with Gasteiger partial charge >= 0.3 is 5.69 Å². The Hall–Kier alpha value is -3.49. The van der Waals surface area contributed by atoms with Crippen LogP contribution in [0.25, 0.3) is 28.0 Å². The standard InChI is InChI=1S/C18H16N6O3/c1-10-3-2-7-23-8-6-12(25)11-4-5-13(21-16(11)23)24-14-15(22-18(24)26)19-9-20-17(14)27-10/h4-6,8-10H,2-3,7H2,1H3,(H,19,20,22,26). The van der Waals surface area contributed by atoms with E-state index in [0.29, 0.717) is 40.4 Å². The predicted molar refractivity (Wildman–Crippen MR) is 98.4 cm³/mol. The quantitative estimate of drug-likeness (QED) is 0.505. The van der Waals surface area contributed by atoms with E-state index in [-0.39, 0.29) is 11.5 Å². The molecule has 9 heteroatoms. The van der Waals surface area contributed by atoms with Gasteiger partial charge in [-0.15, -0.1) is 0 Å². The Morgan fingerprint density at radius 3 is 3.00 bits per heavy atom. The molecule has 1 aliphatic heterocycles. The van der Waals surface area contributed by atoms with Gasteiger partial charge in [-0.25, -0.2) is 19.3 Å². The zero-order valence-electron chi connectivity index (χ0n) is 14.5. The third kappa shape index (κ3) is 2.42. The lowest BCUT2D eigenvalue weighted by molar-refractivity contribution is 0.199.